The first-order valence-electron chi connectivity index (χ1n) is 9.45. The van der Waals surface area contributed by atoms with Crippen molar-refractivity contribution in [3.05, 3.63) is 57.2 Å². The van der Waals surface area contributed by atoms with Gasteiger partial charge < -0.3 is 14.9 Å². The number of pyridine rings is 1. The second-order valence-electron chi connectivity index (χ2n) is 7.33. The Balaban J connectivity index is 1.37. The van der Waals surface area contributed by atoms with Crippen LogP contribution in [-0.4, -0.2) is 77.2 Å². The Morgan fingerprint density at radius 3 is 2.34 bits per heavy atom. The molecule has 1 amide bonds. The van der Waals surface area contributed by atoms with E-state index in [-0.39, 0.29) is 11.9 Å². The molecule has 9 heteroatoms. The molecule has 0 aliphatic carbocycles. The van der Waals surface area contributed by atoms with Crippen LogP contribution in [0.5, 0.6) is 0 Å². The number of anilines is 1. The van der Waals surface area contributed by atoms with Gasteiger partial charge in [-0.05, 0) is 30.3 Å². The summed E-state index contributed by atoms with van der Waals surface area (Å²) in [5.74, 6) is 0.640. The van der Waals surface area contributed by atoms with Gasteiger partial charge in [-0.3, -0.25) is 9.69 Å². The van der Waals surface area contributed by atoms with Gasteiger partial charge in [0.25, 0.3) is 5.91 Å². The molecular formula is C20H21Cl3N4O2. The summed E-state index contributed by atoms with van der Waals surface area (Å²) < 4.78 is 0. The minimum absolute atomic E-state index is 0.00654. The molecule has 0 bridgehead atoms. The van der Waals surface area contributed by atoms with Gasteiger partial charge >= 0.3 is 0 Å². The van der Waals surface area contributed by atoms with Gasteiger partial charge in [0.2, 0.25) is 0 Å². The van der Waals surface area contributed by atoms with Crippen LogP contribution in [0.2, 0.25) is 15.1 Å². The number of piperazine rings is 1. The smallest absolute Gasteiger partial charge is 0.253 e. The average molecular weight is 456 g/mol. The van der Waals surface area contributed by atoms with Crippen molar-refractivity contribution >= 4 is 46.5 Å². The van der Waals surface area contributed by atoms with Gasteiger partial charge in [0.05, 0.1) is 22.2 Å². The fourth-order valence-corrected chi connectivity index (χ4v) is 4.60. The molecule has 2 aliphatic heterocycles. The van der Waals surface area contributed by atoms with E-state index in [1.165, 1.54) is 0 Å². The second kappa shape index (κ2) is 8.66. The lowest BCUT2D eigenvalue weighted by molar-refractivity contribution is 0.0376. The molecule has 0 saturated carbocycles. The summed E-state index contributed by atoms with van der Waals surface area (Å²) in [6, 6.07) is 8.58. The minimum atomic E-state index is -0.512. The first-order chi connectivity index (χ1) is 13.9. The zero-order valence-electron chi connectivity index (χ0n) is 15.6. The second-order valence-corrected chi connectivity index (χ2v) is 8.61. The molecular weight excluding hydrogens is 435 g/mol. The molecule has 3 heterocycles. The van der Waals surface area contributed by atoms with Crippen molar-refractivity contribution in [1.29, 1.82) is 0 Å². The number of benzene rings is 1. The first kappa shape index (κ1) is 20.7. The zero-order valence-corrected chi connectivity index (χ0v) is 17.9. The Morgan fingerprint density at radius 2 is 1.69 bits per heavy atom. The minimum Gasteiger partial charge on any atom is -0.390 e. The van der Waals surface area contributed by atoms with Crippen molar-refractivity contribution in [2.75, 3.05) is 44.2 Å². The predicted molar refractivity (Wildman–Crippen MR) is 115 cm³/mol. The van der Waals surface area contributed by atoms with Crippen molar-refractivity contribution in [3.8, 4) is 0 Å². The van der Waals surface area contributed by atoms with Crippen LogP contribution in [0, 0.1) is 0 Å². The number of nitrogens with zero attached hydrogens (tertiary/aromatic N) is 4. The van der Waals surface area contributed by atoms with Gasteiger partial charge in [0.15, 0.2) is 0 Å². The number of aliphatic hydroxyl groups is 1. The summed E-state index contributed by atoms with van der Waals surface area (Å²) >= 11 is 18.1. The summed E-state index contributed by atoms with van der Waals surface area (Å²) in [6.07, 6.45) is 1.05. The number of carbonyl (C=O) groups excluding carboxylic acids is 1. The van der Waals surface area contributed by atoms with E-state index in [0.29, 0.717) is 65.7 Å². The quantitative estimate of drug-likeness (QED) is 0.771. The molecule has 29 heavy (non-hydrogen) atoms. The maximum atomic E-state index is 12.7. The van der Waals surface area contributed by atoms with Crippen molar-refractivity contribution < 1.29 is 9.90 Å². The number of hydrogen-bond donors (Lipinski definition) is 1. The van der Waals surface area contributed by atoms with Crippen LogP contribution in [0.3, 0.4) is 0 Å². The Hall–Kier alpha value is -1.57. The van der Waals surface area contributed by atoms with E-state index < -0.39 is 6.10 Å². The summed E-state index contributed by atoms with van der Waals surface area (Å²) in [5.41, 5.74) is 0.637. The number of amides is 1. The summed E-state index contributed by atoms with van der Waals surface area (Å²) in [7, 11) is 0. The molecule has 4 rings (SSSR count). The maximum absolute atomic E-state index is 12.7. The van der Waals surface area contributed by atoms with E-state index in [9.17, 15) is 9.90 Å². The number of halogens is 3. The number of β-amino-alcohol motifs (C(OH)–C–C–N with tert-alkyl or cyclic N) is 1. The Morgan fingerprint density at radius 1 is 1.00 bits per heavy atom. The lowest BCUT2D eigenvalue weighted by atomic mass is 10.1. The third-order valence-electron chi connectivity index (χ3n) is 5.51. The number of aliphatic hydroxyl groups excluding tert-OH is 1. The van der Waals surface area contributed by atoms with Gasteiger partial charge in [-0.25, -0.2) is 4.98 Å². The third kappa shape index (κ3) is 4.47. The molecule has 2 aliphatic rings. The van der Waals surface area contributed by atoms with Crippen LogP contribution in [0.4, 0.5) is 5.82 Å². The van der Waals surface area contributed by atoms with E-state index in [1.54, 1.807) is 36.5 Å². The highest BCUT2D eigenvalue weighted by molar-refractivity contribution is 6.36. The molecule has 2 saturated heterocycles. The normalized spacial score (nSPS) is 22.9. The highest BCUT2D eigenvalue weighted by atomic mass is 35.5. The number of rotatable bonds is 3. The highest BCUT2D eigenvalue weighted by Gasteiger charge is 2.38. The average Bonchev–Trinajstić information content (AvgIpc) is 3.09. The van der Waals surface area contributed by atoms with E-state index in [1.807, 2.05) is 9.80 Å². The molecule has 1 aromatic carbocycles. The highest BCUT2D eigenvalue weighted by Crippen LogP contribution is 2.30. The molecule has 1 N–H and O–H groups in total. The topological polar surface area (TPSA) is 59.9 Å². The van der Waals surface area contributed by atoms with Crippen molar-refractivity contribution in [1.82, 2.24) is 14.8 Å². The van der Waals surface area contributed by atoms with Crippen LogP contribution in [-0.2, 0) is 0 Å². The first-order valence-corrected chi connectivity index (χ1v) is 10.6. The van der Waals surface area contributed by atoms with Crippen LogP contribution in [0.25, 0.3) is 0 Å². The van der Waals surface area contributed by atoms with Gasteiger partial charge in [-0.15, -0.1) is 0 Å². The molecule has 1 aromatic heterocycles. The van der Waals surface area contributed by atoms with Gasteiger partial charge in [0, 0.05) is 56.1 Å². The standard InChI is InChI=1S/C20H21Cl3N4O2/c21-14-3-1-13(2-4-14)20(29)26-7-5-25(6-8-26)17-11-27(12-18(17)28)19-16(23)9-15(22)10-24-19/h1-4,9-10,17-18,28H,5-8,11-12H2/t17?,18-/m1/s1. The molecule has 0 spiro atoms. The molecule has 2 aromatic rings. The number of carbonyl (C=O) groups is 1. The Kier molecular flexibility index (Phi) is 6.18. The van der Waals surface area contributed by atoms with Crippen molar-refractivity contribution in [2.24, 2.45) is 0 Å². The lowest BCUT2D eigenvalue weighted by Gasteiger charge is -2.38. The SMILES string of the molecule is O=C(c1ccc(Cl)cc1)N1CCN(C2CN(c3ncc(Cl)cc3Cl)C[C@H]2O)CC1. The Bertz CT molecular complexity index is 888. The molecule has 1 unspecified atom stereocenters. The number of hydrogen-bond acceptors (Lipinski definition) is 5. The number of aromatic nitrogens is 1. The monoisotopic (exact) mass is 454 g/mol. The van der Waals surface area contributed by atoms with Crippen LogP contribution < -0.4 is 4.90 Å². The van der Waals surface area contributed by atoms with Crippen molar-refractivity contribution in [2.45, 2.75) is 12.1 Å². The van der Waals surface area contributed by atoms with Crippen molar-refractivity contribution in [3.63, 3.8) is 0 Å². The van der Waals surface area contributed by atoms with Gasteiger partial charge in [-0.2, -0.15) is 0 Å². The van der Waals surface area contributed by atoms with E-state index in [0.717, 1.165) is 0 Å². The molecule has 0 radical (unpaired) electrons. The summed E-state index contributed by atoms with van der Waals surface area (Å²) in [5, 5.41) is 12.2. The van der Waals surface area contributed by atoms with E-state index in [4.69, 9.17) is 34.8 Å². The molecule has 2 atom stereocenters. The van der Waals surface area contributed by atoms with Crippen LogP contribution in [0.15, 0.2) is 36.5 Å². The third-order valence-corrected chi connectivity index (χ3v) is 6.25. The zero-order chi connectivity index (χ0) is 20.5. The summed E-state index contributed by atoms with van der Waals surface area (Å²) in [6.45, 7) is 3.73. The fourth-order valence-electron chi connectivity index (χ4n) is 3.97. The van der Waals surface area contributed by atoms with Gasteiger partial charge in [-0.1, -0.05) is 34.8 Å². The largest absolute Gasteiger partial charge is 0.390 e. The molecule has 2 fully saturated rings. The maximum Gasteiger partial charge on any atom is 0.253 e. The van der Waals surface area contributed by atoms with Gasteiger partial charge in [0.1, 0.15) is 5.82 Å². The predicted octanol–water partition coefficient (Wildman–Crippen LogP) is 3.05. The molecule has 6 nitrogen and oxygen atoms in total. The fraction of sp³-hybridized carbons (Fsp3) is 0.400. The lowest BCUT2D eigenvalue weighted by Crippen LogP contribution is -2.54. The summed E-state index contributed by atoms with van der Waals surface area (Å²) in [4.78, 5) is 23.1. The Labute approximate surface area is 184 Å². The van der Waals surface area contributed by atoms with Crippen LogP contribution in [0.1, 0.15) is 10.4 Å². The molecule has 154 valence electrons. The van der Waals surface area contributed by atoms with E-state index in [2.05, 4.69) is 9.88 Å². The van der Waals surface area contributed by atoms with E-state index >= 15 is 0 Å². The van der Waals surface area contributed by atoms with Crippen LogP contribution >= 0.6 is 34.8 Å².